The Morgan fingerprint density at radius 1 is 1.02 bits per heavy atom. The Morgan fingerprint density at radius 3 is 2.70 bits per heavy atom. The first kappa shape index (κ1) is 31.2. The van der Waals surface area contributed by atoms with E-state index in [1.807, 2.05) is 59.2 Å². The number of carbonyl (C=O) groups is 4. The average molecular weight is 645 g/mol. The van der Waals surface area contributed by atoms with Crippen molar-refractivity contribution in [3.8, 4) is 5.75 Å². The molecule has 13 heteroatoms. The van der Waals surface area contributed by atoms with Crippen molar-refractivity contribution in [2.24, 2.45) is 0 Å². The van der Waals surface area contributed by atoms with Crippen LogP contribution in [0.5, 0.6) is 5.75 Å². The number of benzene rings is 2. The Morgan fingerprint density at radius 2 is 1.85 bits per heavy atom. The van der Waals surface area contributed by atoms with Gasteiger partial charge in [0.25, 0.3) is 5.91 Å². The van der Waals surface area contributed by atoms with E-state index in [1.165, 1.54) is 23.3 Å². The molecule has 0 fully saturated rings. The summed E-state index contributed by atoms with van der Waals surface area (Å²) in [4.78, 5) is 61.2. The van der Waals surface area contributed by atoms with E-state index in [2.05, 4.69) is 15.6 Å². The summed E-state index contributed by atoms with van der Waals surface area (Å²) in [6.45, 7) is 1.31. The van der Waals surface area contributed by atoms with E-state index in [-0.39, 0.29) is 56.4 Å². The summed E-state index contributed by atoms with van der Waals surface area (Å²) < 4.78 is 14.0. The third kappa shape index (κ3) is 6.90. The number of carbonyl (C=O) groups excluding carboxylic acids is 4. The number of ether oxygens (including phenoxy) is 2. The van der Waals surface area contributed by atoms with E-state index in [1.54, 1.807) is 11.2 Å². The van der Waals surface area contributed by atoms with Crippen molar-refractivity contribution in [1.82, 2.24) is 30.0 Å². The molecule has 2 aliphatic rings. The Labute approximate surface area is 270 Å². The van der Waals surface area contributed by atoms with Crippen LogP contribution in [0.1, 0.15) is 39.1 Å². The maximum atomic E-state index is 13.6. The lowest BCUT2D eigenvalue weighted by Gasteiger charge is -2.36. The minimum Gasteiger partial charge on any atom is -0.494 e. The number of fused-ring (bicyclic) bond motifs is 4. The van der Waals surface area contributed by atoms with E-state index in [0.29, 0.717) is 48.9 Å². The Bertz CT molecular complexity index is 1720. The molecule has 0 saturated carbocycles. The van der Waals surface area contributed by atoms with E-state index >= 15 is 0 Å². The first-order valence-electron chi connectivity index (χ1n) is 15.3. The van der Waals surface area contributed by atoms with Crippen LogP contribution in [-0.4, -0.2) is 96.0 Å². The fraction of sp³-hybridized carbons (Fsp3) is 0.364. The minimum absolute atomic E-state index is 0.0228. The Kier molecular flexibility index (Phi) is 9.60. The molecular formula is C33H36N6O6S. The lowest BCUT2D eigenvalue weighted by molar-refractivity contribution is -0.137. The topological polar surface area (TPSA) is 135 Å². The van der Waals surface area contributed by atoms with Crippen molar-refractivity contribution >= 4 is 45.1 Å². The summed E-state index contributed by atoms with van der Waals surface area (Å²) in [7, 11) is 1.49. The van der Waals surface area contributed by atoms with Gasteiger partial charge in [-0.1, -0.05) is 30.3 Å². The summed E-state index contributed by atoms with van der Waals surface area (Å²) in [6.07, 6.45) is 2.70. The molecule has 12 nitrogen and oxygen atoms in total. The largest absolute Gasteiger partial charge is 0.494 e. The first-order valence-corrected chi connectivity index (χ1v) is 16.1. The number of thiophene rings is 1. The number of methoxy groups -OCH3 is 1. The van der Waals surface area contributed by atoms with Gasteiger partial charge in [0.15, 0.2) is 0 Å². The van der Waals surface area contributed by atoms with Crippen LogP contribution in [0.4, 0.5) is 0 Å². The molecule has 4 amide bonds. The molecule has 46 heavy (non-hydrogen) atoms. The molecule has 0 aliphatic carbocycles. The molecule has 0 spiro atoms. The Hall–Kier alpha value is -4.75. The van der Waals surface area contributed by atoms with Crippen LogP contribution in [0.25, 0.3) is 10.1 Å². The number of aromatic nitrogens is 2. The van der Waals surface area contributed by atoms with Gasteiger partial charge in [0, 0.05) is 50.1 Å². The van der Waals surface area contributed by atoms with Crippen molar-refractivity contribution in [3.05, 3.63) is 82.8 Å². The van der Waals surface area contributed by atoms with E-state index < -0.39 is 6.04 Å². The average Bonchev–Trinajstić information content (AvgIpc) is 3.67. The highest BCUT2D eigenvalue weighted by atomic mass is 32.1. The summed E-state index contributed by atoms with van der Waals surface area (Å²) in [6, 6.07) is 16.7. The van der Waals surface area contributed by atoms with Gasteiger partial charge in [0.2, 0.25) is 17.7 Å². The number of rotatable bonds is 3. The maximum Gasteiger partial charge on any atom is 0.264 e. The number of nitrogens with one attached hydrogen (secondary N) is 2. The molecule has 2 aromatic heterocycles. The fourth-order valence-corrected chi connectivity index (χ4v) is 6.94. The van der Waals surface area contributed by atoms with Gasteiger partial charge in [-0.3, -0.25) is 19.2 Å². The quantitative estimate of drug-likeness (QED) is 0.350. The molecule has 240 valence electrons. The van der Waals surface area contributed by atoms with E-state index in [0.717, 1.165) is 21.3 Å². The smallest absolute Gasteiger partial charge is 0.264 e. The maximum absolute atomic E-state index is 13.6. The SMILES string of the molecule is COCC(=O)N1CCc2c3ncn2CC(=O)NCCN(C(=O)c2cc4ccccc4s2)CC(=O)NCCCOc2cccc(c2)C31. The van der Waals surface area contributed by atoms with Crippen LogP contribution in [-0.2, 0) is 32.1 Å². The number of nitrogens with zero attached hydrogens (tertiary/aromatic N) is 4. The van der Waals surface area contributed by atoms with Gasteiger partial charge in [-0.2, -0.15) is 0 Å². The highest BCUT2D eigenvalue weighted by molar-refractivity contribution is 7.20. The van der Waals surface area contributed by atoms with Crippen molar-refractivity contribution in [3.63, 3.8) is 0 Å². The summed E-state index contributed by atoms with van der Waals surface area (Å²) in [5.74, 6) is -0.338. The summed E-state index contributed by atoms with van der Waals surface area (Å²) in [5.41, 5.74) is 2.42. The van der Waals surface area contributed by atoms with Crippen molar-refractivity contribution < 1.29 is 28.7 Å². The first-order chi connectivity index (χ1) is 22.4. The standard InChI is InChI=1S/C33H36N6O6S/c1-44-20-30(42)39-13-10-25-31-32(39)23-7-4-8-24(16-23)45-15-5-11-34-28(40)18-37(14-12-35-29(41)19-38(25)21-36-31)33(43)27-17-22-6-2-3-9-26(22)46-27/h2-4,6-9,16-17,21,32H,5,10-15,18-20H2,1H3,(H,34,40)(H,35,41). The van der Waals surface area contributed by atoms with Crippen LogP contribution in [0.15, 0.2) is 60.9 Å². The molecule has 6 bridgehead atoms. The van der Waals surface area contributed by atoms with E-state index in [4.69, 9.17) is 9.47 Å². The van der Waals surface area contributed by atoms with Crippen molar-refractivity contribution in [2.75, 3.05) is 53.0 Å². The van der Waals surface area contributed by atoms with Gasteiger partial charge in [-0.05, 0) is 41.6 Å². The Balaban J connectivity index is 1.25. The number of hydrogen-bond donors (Lipinski definition) is 2. The summed E-state index contributed by atoms with van der Waals surface area (Å²) >= 11 is 1.38. The number of amides is 4. The van der Waals surface area contributed by atoms with Crippen LogP contribution in [0, 0.1) is 0 Å². The van der Waals surface area contributed by atoms with Gasteiger partial charge in [-0.25, -0.2) is 4.98 Å². The monoisotopic (exact) mass is 644 g/mol. The molecule has 6 rings (SSSR count). The molecule has 2 N–H and O–H groups in total. The highest BCUT2D eigenvalue weighted by Crippen LogP contribution is 2.36. The highest BCUT2D eigenvalue weighted by Gasteiger charge is 2.35. The van der Waals surface area contributed by atoms with Crippen LogP contribution in [0.2, 0.25) is 0 Å². The third-order valence-electron chi connectivity index (χ3n) is 8.09. The lowest BCUT2D eigenvalue weighted by Crippen LogP contribution is -2.45. The van der Waals surface area contributed by atoms with Crippen LogP contribution < -0.4 is 15.4 Å². The predicted molar refractivity (Wildman–Crippen MR) is 172 cm³/mol. The van der Waals surface area contributed by atoms with Gasteiger partial charge < -0.3 is 34.5 Å². The number of imidazole rings is 1. The second kappa shape index (κ2) is 14.1. The van der Waals surface area contributed by atoms with Crippen LogP contribution >= 0.6 is 11.3 Å². The van der Waals surface area contributed by atoms with Gasteiger partial charge in [0.1, 0.15) is 24.9 Å². The van der Waals surface area contributed by atoms with Gasteiger partial charge >= 0.3 is 0 Å². The zero-order valence-corrected chi connectivity index (χ0v) is 26.4. The molecule has 4 heterocycles. The molecular weight excluding hydrogens is 608 g/mol. The lowest BCUT2D eigenvalue weighted by atomic mass is 9.95. The van der Waals surface area contributed by atoms with Gasteiger partial charge in [0.05, 0.1) is 30.1 Å². The van der Waals surface area contributed by atoms with Crippen LogP contribution in [0.3, 0.4) is 0 Å². The molecule has 4 aromatic rings. The fourth-order valence-electron chi connectivity index (χ4n) is 5.91. The second-order valence-corrected chi connectivity index (χ2v) is 12.3. The minimum atomic E-state index is -0.474. The molecule has 1 atom stereocenters. The molecule has 2 aliphatic heterocycles. The van der Waals surface area contributed by atoms with Crippen molar-refractivity contribution in [2.45, 2.75) is 25.4 Å². The molecule has 0 radical (unpaired) electrons. The zero-order chi connectivity index (χ0) is 32.0. The third-order valence-corrected chi connectivity index (χ3v) is 9.19. The number of hydrogen-bond acceptors (Lipinski definition) is 8. The van der Waals surface area contributed by atoms with Gasteiger partial charge in [-0.15, -0.1) is 11.3 Å². The molecule has 2 aromatic carbocycles. The predicted octanol–water partition coefficient (Wildman–Crippen LogP) is 2.38. The molecule has 1 unspecified atom stereocenters. The normalized spacial score (nSPS) is 18.0. The van der Waals surface area contributed by atoms with Crippen molar-refractivity contribution in [1.29, 1.82) is 0 Å². The zero-order valence-electron chi connectivity index (χ0n) is 25.6. The second-order valence-electron chi connectivity index (χ2n) is 11.2. The summed E-state index contributed by atoms with van der Waals surface area (Å²) in [5, 5.41) is 6.75. The molecule has 0 saturated heterocycles. The van der Waals surface area contributed by atoms with E-state index in [9.17, 15) is 19.2 Å².